The number of hydrogen-bond donors (Lipinski definition) is 1. The molecule has 1 saturated carbocycles. The van der Waals surface area contributed by atoms with Crippen molar-refractivity contribution < 1.29 is 18.0 Å². The number of carbonyl (C=O) groups excluding carboxylic acids is 1. The van der Waals surface area contributed by atoms with E-state index in [0.29, 0.717) is 18.7 Å². The highest BCUT2D eigenvalue weighted by atomic mass is 35.5. The highest BCUT2D eigenvalue weighted by Gasteiger charge is 2.37. The number of halogens is 5. The summed E-state index contributed by atoms with van der Waals surface area (Å²) in [7, 11) is 0. The zero-order valence-electron chi connectivity index (χ0n) is 11.0. The molecule has 9 heteroatoms. The van der Waals surface area contributed by atoms with E-state index in [2.05, 4.69) is 10.4 Å². The van der Waals surface area contributed by atoms with Crippen molar-refractivity contribution in [2.75, 3.05) is 6.54 Å². The molecule has 0 aromatic carbocycles. The van der Waals surface area contributed by atoms with E-state index in [1.165, 1.54) is 4.68 Å². The Bertz CT molecular complexity index is 512. The minimum Gasteiger partial charge on any atom is -0.354 e. The van der Waals surface area contributed by atoms with Gasteiger partial charge in [-0.1, -0.05) is 23.2 Å². The van der Waals surface area contributed by atoms with Crippen LogP contribution in [0.15, 0.2) is 6.07 Å². The molecule has 1 heterocycles. The minimum atomic E-state index is -4.44. The number of nitrogens with one attached hydrogen (secondary N) is 1. The second kappa shape index (κ2) is 6.44. The van der Waals surface area contributed by atoms with Gasteiger partial charge in [-0.3, -0.25) is 9.48 Å². The summed E-state index contributed by atoms with van der Waals surface area (Å²) in [6.07, 6.45) is -2.21. The minimum absolute atomic E-state index is 0.165. The molecule has 0 aliphatic heterocycles. The molecule has 1 aromatic heterocycles. The molecule has 0 radical (unpaired) electrons. The van der Waals surface area contributed by atoms with Crippen LogP contribution in [0, 0.1) is 0 Å². The highest BCUT2D eigenvalue weighted by molar-refractivity contribution is 6.53. The number of aromatic nitrogens is 2. The van der Waals surface area contributed by atoms with E-state index in [4.69, 9.17) is 23.2 Å². The first-order chi connectivity index (χ1) is 9.79. The van der Waals surface area contributed by atoms with Crippen LogP contribution in [-0.2, 0) is 17.5 Å². The Morgan fingerprint density at radius 2 is 2.14 bits per heavy atom. The van der Waals surface area contributed by atoms with Crippen LogP contribution in [0.25, 0.3) is 0 Å². The normalized spacial score (nSPS) is 15.5. The van der Waals surface area contributed by atoms with Gasteiger partial charge in [-0.15, -0.1) is 0 Å². The number of nitrogens with zero attached hydrogens (tertiary/aromatic N) is 2. The van der Waals surface area contributed by atoms with Crippen LogP contribution in [0.2, 0.25) is 0 Å². The summed E-state index contributed by atoms with van der Waals surface area (Å²) in [5, 5.41) is 6.11. The lowest BCUT2D eigenvalue weighted by atomic mass is 10.2. The van der Waals surface area contributed by atoms with Crippen LogP contribution < -0.4 is 5.32 Å². The monoisotopic (exact) mass is 343 g/mol. The van der Waals surface area contributed by atoms with Gasteiger partial charge in [0.25, 0.3) is 5.91 Å². The smallest absolute Gasteiger partial charge is 0.354 e. The van der Waals surface area contributed by atoms with Gasteiger partial charge in [-0.2, -0.15) is 18.3 Å². The Labute approximate surface area is 129 Å². The molecule has 0 saturated heterocycles. The molecular formula is C12H14Cl2F3N3O. The molecule has 0 bridgehead atoms. The van der Waals surface area contributed by atoms with Gasteiger partial charge >= 0.3 is 6.18 Å². The zero-order valence-corrected chi connectivity index (χ0v) is 12.5. The molecule has 21 heavy (non-hydrogen) atoms. The third-order valence-corrected chi connectivity index (χ3v) is 3.54. The van der Waals surface area contributed by atoms with Crippen molar-refractivity contribution in [1.29, 1.82) is 0 Å². The van der Waals surface area contributed by atoms with Crippen LogP contribution in [0.1, 0.15) is 36.6 Å². The summed E-state index contributed by atoms with van der Waals surface area (Å²) in [5.74, 6) is -0.351. The predicted molar refractivity (Wildman–Crippen MR) is 72.3 cm³/mol. The van der Waals surface area contributed by atoms with Crippen LogP contribution in [0.3, 0.4) is 0 Å². The number of carbonyl (C=O) groups is 1. The molecule has 118 valence electrons. The first kappa shape index (κ1) is 16.4. The zero-order chi connectivity index (χ0) is 15.6. The SMILES string of the molecule is O=C(NCCCn1nc(C(F)(F)F)cc1C1CC1)C(Cl)Cl. The first-order valence-electron chi connectivity index (χ1n) is 6.50. The summed E-state index contributed by atoms with van der Waals surface area (Å²) >= 11 is 10.7. The third-order valence-electron chi connectivity index (χ3n) is 3.14. The second-order valence-electron chi connectivity index (χ2n) is 4.89. The summed E-state index contributed by atoms with van der Waals surface area (Å²) in [6, 6.07) is 1.11. The Hall–Kier alpha value is -0.950. The standard InChI is InChI=1S/C12H14Cl2F3N3O/c13-10(14)11(21)18-4-1-5-20-8(7-2-3-7)6-9(19-20)12(15,16)17/h6-7,10H,1-5H2,(H,18,21). The average Bonchev–Trinajstić information content (AvgIpc) is 3.13. The molecule has 0 unspecified atom stereocenters. The van der Waals surface area contributed by atoms with E-state index in [9.17, 15) is 18.0 Å². The molecule has 1 aliphatic rings. The van der Waals surface area contributed by atoms with Gasteiger partial charge < -0.3 is 5.32 Å². The molecule has 1 fully saturated rings. The number of rotatable bonds is 6. The van der Waals surface area contributed by atoms with E-state index >= 15 is 0 Å². The van der Waals surface area contributed by atoms with Crippen LogP contribution >= 0.6 is 23.2 Å². The van der Waals surface area contributed by atoms with Crippen molar-refractivity contribution in [3.05, 3.63) is 17.5 Å². The van der Waals surface area contributed by atoms with Crippen LogP contribution in [0.4, 0.5) is 13.2 Å². The van der Waals surface area contributed by atoms with Crippen molar-refractivity contribution in [3.63, 3.8) is 0 Å². The average molecular weight is 344 g/mol. The maximum absolute atomic E-state index is 12.7. The number of amides is 1. The van der Waals surface area contributed by atoms with Crippen molar-refractivity contribution in [2.45, 2.75) is 42.7 Å². The summed E-state index contributed by atoms with van der Waals surface area (Å²) in [5.41, 5.74) is -0.253. The molecule has 1 N–H and O–H groups in total. The third kappa shape index (κ3) is 4.51. The Kier molecular flexibility index (Phi) is 5.03. The maximum atomic E-state index is 12.7. The maximum Gasteiger partial charge on any atom is 0.435 e. The summed E-state index contributed by atoms with van der Waals surface area (Å²) in [6.45, 7) is 0.581. The fourth-order valence-electron chi connectivity index (χ4n) is 1.97. The first-order valence-corrected chi connectivity index (χ1v) is 7.37. The molecule has 1 aliphatic carbocycles. The van der Waals surface area contributed by atoms with Gasteiger partial charge in [0.1, 0.15) is 0 Å². The van der Waals surface area contributed by atoms with Crippen molar-refractivity contribution in [3.8, 4) is 0 Å². The number of alkyl halides is 5. The number of hydrogen-bond acceptors (Lipinski definition) is 2. The predicted octanol–water partition coefficient (Wildman–Crippen LogP) is 3.09. The van der Waals surface area contributed by atoms with Gasteiger partial charge in [0.15, 0.2) is 10.5 Å². The van der Waals surface area contributed by atoms with E-state index in [1.54, 1.807) is 0 Å². The Morgan fingerprint density at radius 3 is 2.67 bits per heavy atom. The van der Waals surface area contributed by atoms with Gasteiger partial charge in [0, 0.05) is 24.7 Å². The van der Waals surface area contributed by atoms with E-state index in [0.717, 1.165) is 18.9 Å². The molecule has 1 amide bonds. The topological polar surface area (TPSA) is 46.9 Å². The summed E-state index contributed by atoms with van der Waals surface area (Å²) < 4.78 is 39.4. The fourth-order valence-corrected chi connectivity index (χ4v) is 2.13. The molecule has 0 spiro atoms. The molecule has 2 rings (SSSR count). The quantitative estimate of drug-likeness (QED) is 0.637. The number of aryl methyl sites for hydroxylation is 1. The lowest BCUT2D eigenvalue weighted by molar-refractivity contribution is -0.141. The van der Waals surface area contributed by atoms with Crippen molar-refractivity contribution in [2.24, 2.45) is 0 Å². The highest BCUT2D eigenvalue weighted by Crippen LogP contribution is 2.42. The Balaban J connectivity index is 1.93. The molecule has 4 nitrogen and oxygen atoms in total. The molecule has 0 atom stereocenters. The van der Waals surface area contributed by atoms with E-state index in [1.807, 2.05) is 0 Å². The van der Waals surface area contributed by atoms with Gasteiger partial charge in [-0.05, 0) is 25.3 Å². The summed E-state index contributed by atoms with van der Waals surface area (Å²) in [4.78, 5) is 9.98. The van der Waals surface area contributed by atoms with Crippen molar-refractivity contribution >= 4 is 29.1 Å². The van der Waals surface area contributed by atoms with E-state index in [-0.39, 0.29) is 12.5 Å². The lowest BCUT2D eigenvalue weighted by Crippen LogP contribution is -2.30. The molecule has 1 aromatic rings. The van der Waals surface area contributed by atoms with E-state index < -0.39 is 22.6 Å². The van der Waals surface area contributed by atoms with Crippen molar-refractivity contribution in [1.82, 2.24) is 15.1 Å². The Morgan fingerprint density at radius 1 is 1.48 bits per heavy atom. The molecular weight excluding hydrogens is 330 g/mol. The van der Waals surface area contributed by atoms with Crippen LogP contribution in [-0.4, -0.2) is 27.1 Å². The lowest BCUT2D eigenvalue weighted by Gasteiger charge is -2.08. The second-order valence-corrected chi connectivity index (χ2v) is 5.99. The largest absolute Gasteiger partial charge is 0.435 e. The fraction of sp³-hybridized carbons (Fsp3) is 0.667. The van der Waals surface area contributed by atoms with Gasteiger partial charge in [0.05, 0.1) is 0 Å². The van der Waals surface area contributed by atoms with Crippen LogP contribution in [0.5, 0.6) is 0 Å². The van der Waals surface area contributed by atoms with Gasteiger partial charge in [-0.25, -0.2) is 0 Å². The van der Waals surface area contributed by atoms with Gasteiger partial charge in [0.2, 0.25) is 0 Å².